The number of hydrogen-bond acceptors (Lipinski definition) is 8. The van der Waals surface area contributed by atoms with Crippen LogP contribution < -0.4 is 14.8 Å². The Morgan fingerprint density at radius 3 is 2.63 bits per heavy atom. The summed E-state index contributed by atoms with van der Waals surface area (Å²) in [4.78, 5) is 34.8. The third-order valence-corrected chi connectivity index (χ3v) is 5.00. The van der Waals surface area contributed by atoms with Gasteiger partial charge in [-0.3, -0.25) is 9.59 Å². The fourth-order valence-electron chi connectivity index (χ4n) is 2.45. The molecule has 2 aromatic carbocycles. The van der Waals surface area contributed by atoms with Crippen molar-refractivity contribution in [3.05, 3.63) is 59.7 Å². The molecule has 3 rings (SSSR count). The van der Waals surface area contributed by atoms with Crippen LogP contribution in [0.25, 0.3) is 0 Å². The number of carboxylic acid groups (broad SMARTS) is 1. The SMILES string of the molecule is COc1ccc(C(=O)Oc2ccccc2/C=N/N=C2\NC(=O)C(CC(=O)O)S2)cc1. The largest absolute Gasteiger partial charge is 0.497 e. The van der Waals surface area contributed by atoms with Crippen LogP contribution >= 0.6 is 11.8 Å². The lowest BCUT2D eigenvalue weighted by atomic mass is 10.2. The summed E-state index contributed by atoms with van der Waals surface area (Å²) < 4.78 is 10.5. The van der Waals surface area contributed by atoms with Crippen LogP contribution in [0.15, 0.2) is 58.7 Å². The number of benzene rings is 2. The Bertz CT molecular complexity index is 1020. The zero-order chi connectivity index (χ0) is 21.5. The molecule has 30 heavy (non-hydrogen) atoms. The quantitative estimate of drug-likeness (QED) is 0.300. The van der Waals surface area contributed by atoms with E-state index >= 15 is 0 Å². The van der Waals surface area contributed by atoms with Gasteiger partial charge >= 0.3 is 11.9 Å². The second-order valence-corrected chi connectivity index (χ2v) is 7.19. The number of carbonyl (C=O) groups excluding carboxylic acids is 2. The molecule has 2 aromatic rings. The summed E-state index contributed by atoms with van der Waals surface area (Å²) in [5.41, 5.74) is 0.859. The maximum Gasteiger partial charge on any atom is 0.343 e. The average molecular weight is 427 g/mol. The number of aliphatic carboxylic acids is 1. The van der Waals surface area contributed by atoms with E-state index in [1.165, 1.54) is 13.3 Å². The van der Waals surface area contributed by atoms with Crippen LogP contribution in [-0.4, -0.2) is 46.7 Å². The van der Waals surface area contributed by atoms with Crippen molar-refractivity contribution in [3.8, 4) is 11.5 Å². The number of amides is 1. The Labute approximate surface area is 175 Å². The standard InChI is InChI=1S/C20H17N3O6S/c1-28-14-8-6-12(7-9-14)19(27)29-15-5-3-2-4-13(15)11-21-23-20-22-18(26)16(30-20)10-17(24)25/h2-9,11,16H,10H2,1H3,(H,24,25)(H,22,23,26)/b21-11+. The van der Waals surface area contributed by atoms with E-state index in [1.54, 1.807) is 48.5 Å². The summed E-state index contributed by atoms with van der Waals surface area (Å²) >= 11 is 0.996. The van der Waals surface area contributed by atoms with Crippen LogP contribution in [0.4, 0.5) is 0 Å². The van der Waals surface area contributed by atoms with Gasteiger partial charge in [-0.15, -0.1) is 5.10 Å². The number of para-hydroxylation sites is 1. The third-order valence-electron chi connectivity index (χ3n) is 3.93. The minimum atomic E-state index is -1.07. The molecule has 1 heterocycles. The predicted molar refractivity (Wildman–Crippen MR) is 111 cm³/mol. The van der Waals surface area contributed by atoms with Crippen molar-refractivity contribution < 1.29 is 29.0 Å². The highest BCUT2D eigenvalue weighted by molar-refractivity contribution is 8.15. The number of methoxy groups -OCH3 is 1. The molecule has 154 valence electrons. The lowest BCUT2D eigenvalue weighted by Crippen LogP contribution is -2.26. The minimum absolute atomic E-state index is 0.204. The van der Waals surface area contributed by atoms with Gasteiger partial charge in [0, 0.05) is 5.56 Å². The summed E-state index contributed by atoms with van der Waals surface area (Å²) in [7, 11) is 1.54. The molecular formula is C20H17N3O6S. The van der Waals surface area contributed by atoms with Gasteiger partial charge in [0.15, 0.2) is 5.17 Å². The van der Waals surface area contributed by atoms with Crippen molar-refractivity contribution in [2.75, 3.05) is 7.11 Å². The lowest BCUT2D eigenvalue weighted by molar-refractivity contribution is -0.138. The highest BCUT2D eigenvalue weighted by atomic mass is 32.2. The van der Waals surface area contributed by atoms with Crippen molar-refractivity contribution in [2.24, 2.45) is 10.2 Å². The topological polar surface area (TPSA) is 127 Å². The maximum absolute atomic E-state index is 12.4. The van der Waals surface area contributed by atoms with E-state index in [2.05, 4.69) is 15.5 Å². The van der Waals surface area contributed by atoms with Gasteiger partial charge in [0.2, 0.25) is 5.91 Å². The Morgan fingerprint density at radius 1 is 1.20 bits per heavy atom. The van der Waals surface area contributed by atoms with Crippen molar-refractivity contribution in [3.63, 3.8) is 0 Å². The molecule has 0 aromatic heterocycles. The van der Waals surface area contributed by atoms with Crippen molar-refractivity contribution >= 4 is 41.0 Å². The number of amidine groups is 1. The fourth-order valence-corrected chi connectivity index (χ4v) is 3.37. The van der Waals surface area contributed by atoms with Crippen LogP contribution in [0, 0.1) is 0 Å². The number of nitrogens with one attached hydrogen (secondary N) is 1. The van der Waals surface area contributed by atoms with Crippen molar-refractivity contribution in [1.82, 2.24) is 5.32 Å². The second kappa shape index (κ2) is 9.70. The second-order valence-electron chi connectivity index (χ2n) is 6.00. The van der Waals surface area contributed by atoms with E-state index in [4.69, 9.17) is 14.6 Å². The molecule has 9 nitrogen and oxygen atoms in total. The molecule has 1 atom stereocenters. The Kier molecular flexibility index (Phi) is 6.81. The predicted octanol–water partition coefficient (Wildman–Crippen LogP) is 2.31. The number of hydrogen-bond donors (Lipinski definition) is 2. The molecule has 1 fully saturated rings. The van der Waals surface area contributed by atoms with Gasteiger partial charge in [-0.2, -0.15) is 5.10 Å². The molecule has 0 saturated carbocycles. The molecule has 2 N–H and O–H groups in total. The molecule has 1 aliphatic rings. The van der Waals surface area contributed by atoms with Crippen LogP contribution in [0.5, 0.6) is 11.5 Å². The average Bonchev–Trinajstić information content (AvgIpc) is 3.07. The van der Waals surface area contributed by atoms with E-state index in [9.17, 15) is 14.4 Å². The van der Waals surface area contributed by atoms with E-state index in [0.717, 1.165) is 11.8 Å². The monoisotopic (exact) mass is 427 g/mol. The first-order valence-electron chi connectivity index (χ1n) is 8.72. The molecule has 0 aliphatic carbocycles. The molecule has 1 unspecified atom stereocenters. The first kappa shape index (κ1) is 21.1. The molecule has 0 spiro atoms. The van der Waals surface area contributed by atoms with Crippen LogP contribution in [0.2, 0.25) is 0 Å². The number of carboxylic acids is 1. The molecular weight excluding hydrogens is 410 g/mol. The normalized spacial score (nSPS) is 17.2. The summed E-state index contributed by atoms with van der Waals surface area (Å²) in [5.74, 6) is -1.13. The number of rotatable bonds is 7. The molecule has 1 amide bonds. The van der Waals surface area contributed by atoms with E-state index in [0.29, 0.717) is 16.9 Å². The van der Waals surface area contributed by atoms with Crippen LogP contribution in [-0.2, 0) is 9.59 Å². The number of nitrogens with zero attached hydrogens (tertiary/aromatic N) is 2. The van der Waals surface area contributed by atoms with Gasteiger partial charge < -0.3 is 19.9 Å². The molecule has 0 radical (unpaired) electrons. The highest BCUT2D eigenvalue weighted by Gasteiger charge is 2.32. The van der Waals surface area contributed by atoms with E-state index in [-0.39, 0.29) is 17.3 Å². The fraction of sp³-hybridized carbons (Fsp3) is 0.150. The van der Waals surface area contributed by atoms with E-state index < -0.39 is 23.1 Å². The highest BCUT2D eigenvalue weighted by Crippen LogP contribution is 2.23. The molecule has 0 bridgehead atoms. The first-order chi connectivity index (χ1) is 14.5. The Balaban J connectivity index is 1.68. The number of thioether (sulfide) groups is 1. The van der Waals surface area contributed by atoms with Gasteiger partial charge in [-0.25, -0.2) is 4.79 Å². The number of ether oxygens (including phenoxy) is 2. The summed E-state index contributed by atoms with van der Waals surface area (Å²) in [6.45, 7) is 0. The maximum atomic E-state index is 12.4. The van der Waals surface area contributed by atoms with Gasteiger partial charge in [-0.05, 0) is 36.4 Å². The molecule has 10 heteroatoms. The number of esters is 1. The van der Waals surface area contributed by atoms with Gasteiger partial charge in [0.05, 0.1) is 25.3 Å². The van der Waals surface area contributed by atoms with Crippen LogP contribution in [0.1, 0.15) is 22.3 Å². The Morgan fingerprint density at radius 2 is 1.93 bits per heavy atom. The van der Waals surface area contributed by atoms with Gasteiger partial charge in [-0.1, -0.05) is 23.9 Å². The zero-order valence-corrected chi connectivity index (χ0v) is 16.6. The van der Waals surface area contributed by atoms with Gasteiger partial charge in [0.25, 0.3) is 0 Å². The summed E-state index contributed by atoms with van der Waals surface area (Å²) in [6, 6.07) is 13.3. The molecule has 1 saturated heterocycles. The lowest BCUT2D eigenvalue weighted by Gasteiger charge is -2.07. The third kappa shape index (κ3) is 5.45. The van der Waals surface area contributed by atoms with Crippen molar-refractivity contribution in [2.45, 2.75) is 11.7 Å². The smallest absolute Gasteiger partial charge is 0.343 e. The van der Waals surface area contributed by atoms with Gasteiger partial charge in [0.1, 0.15) is 16.7 Å². The summed E-state index contributed by atoms with van der Waals surface area (Å²) in [5, 5.41) is 18.5. The minimum Gasteiger partial charge on any atom is -0.497 e. The van der Waals surface area contributed by atoms with Crippen molar-refractivity contribution in [1.29, 1.82) is 0 Å². The number of carbonyl (C=O) groups is 3. The molecule has 1 aliphatic heterocycles. The van der Waals surface area contributed by atoms with E-state index in [1.807, 2.05) is 0 Å². The zero-order valence-electron chi connectivity index (χ0n) is 15.8. The van der Waals surface area contributed by atoms with Crippen LogP contribution in [0.3, 0.4) is 0 Å². The summed E-state index contributed by atoms with van der Waals surface area (Å²) in [6.07, 6.45) is 1.07. The Hall–Kier alpha value is -3.66. The first-order valence-corrected chi connectivity index (χ1v) is 9.60.